The molecule has 24 heavy (non-hydrogen) atoms. The molecule has 0 saturated heterocycles. The van der Waals surface area contributed by atoms with Crippen LogP contribution in [0.4, 0.5) is 0 Å². The summed E-state index contributed by atoms with van der Waals surface area (Å²) in [4.78, 5) is 12.4. The molecule has 0 atom stereocenters. The summed E-state index contributed by atoms with van der Waals surface area (Å²) < 4.78 is 5.06. The minimum Gasteiger partial charge on any atom is -0.381 e. The predicted molar refractivity (Wildman–Crippen MR) is 95.6 cm³/mol. The fourth-order valence-corrected chi connectivity index (χ4v) is 2.15. The molecular formula is C21H17NO2. The van der Waals surface area contributed by atoms with E-state index in [1.807, 2.05) is 36.4 Å². The number of ether oxygens (including phenoxy) is 1. The Balaban J connectivity index is 2.30. The average Bonchev–Trinajstić information content (AvgIpc) is 2.60. The molecule has 0 unspecified atom stereocenters. The Hall–Kier alpha value is -3.27. The number of allylic oxidation sites excluding steroid dienone is 3. The van der Waals surface area contributed by atoms with Crippen molar-refractivity contribution in [3.05, 3.63) is 83.2 Å². The number of hydrogen-bond donors (Lipinski definition) is 1. The Bertz CT molecular complexity index is 837. The second-order valence-electron chi connectivity index (χ2n) is 4.92. The summed E-state index contributed by atoms with van der Waals surface area (Å²) in [6.45, 7) is 4.39. The van der Waals surface area contributed by atoms with Crippen LogP contribution >= 0.6 is 0 Å². The number of Topliss-reactive ketones (excluding diaryl/α,β-unsaturated/α-hetero) is 1. The first-order chi connectivity index (χ1) is 11.7. The molecule has 1 aromatic carbocycles. The van der Waals surface area contributed by atoms with Gasteiger partial charge >= 0.3 is 0 Å². The third kappa shape index (κ3) is 4.14. The van der Waals surface area contributed by atoms with Crippen molar-refractivity contribution in [1.29, 1.82) is 0 Å². The molecule has 0 fully saturated rings. The van der Waals surface area contributed by atoms with Crippen molar-refractivity contribution in [2.24, 2.45) is 0 Å². The Labute approximate surface area is 142 Å². The molecule has 0 aromatic heterocycles. The highest BCUT2D eigenvalue weighted by Crippen LogP contribution is 2.27. The van der Waals surface area contributed by atoms with Crippen molar-refractivity contribution in [2.75, 3.05) is 13.7 Å². The normalized spacial score (nSPS) is 16.7. The topological polar surface area (TPSA) is 38.3 Å². The van der Waals surface area contributed by atoms with Crippen molar-refractivity contribution in [1.82, 2.24) is 5.32 Å². The molecule has 3 nitrogen and oxygen atoms in total. The molecule has 1 aliphatic rings. The van der Waals surface area contributed by atoms with Gasteiger partial charge in [-0.15, -0.1) is 6.42 Å². The lowest BCUT2D eigenvalue weighted by molar-refractivity contribution is -0.110. The molecule has 2 rings (SSSR count). The van der Waals surface area contributed by atoms with Gasteiger partial charge in [0.15, 0.2) is 0 Å². The molecule has 0 spiro atoms. The average molecular weight is 315 g/mol. The lowest BCUT2D eigenvalue weighted by Crippen LogP contribution is -2.20. The van der Waals surface area contributed by atoms with E-state index in [1.165, 1.54) is 0 Å². The fourth-order valence-electron chi connectivity index (χ4n) is 2.15. The van der Waals surface area contributed by atoms with Gasteiger partial charge < -0.3 is 10.1 Å². The lowest BCUT2D eigenvalue weighted by Gasteiger charge is -2.21. The van der Waals surface area contributed by atoms with Gasteiger partial charge in [-0.3, -0.25) is 4.79 Å². The second kappa shape index (κ2) is 8.39. The van der Waals surface area contributed by atoms with Gasteiger partial charge in [0.2, 0.25) is 5.78 Å². The minimum absolute atomic E-state index is 0.306. The van der Waals surface area contributed by atoms with E-state index in [0.717, 1.165) is 11.1 Å². The Morgan fingerprint density at radius 2 is 2.12 bits per heavy atom. The number of carbonyl (C=O) groups is 1. The first kappa shape index (κ1) is 17.1. The van der Waals surface area contributed by atoms with Gasteiger partial charge in [-0.1, -0.05) is 36.6 Å². The zero-order valence-electron chi connectivity index (χ0n) is 13.4. The van der Waals surface area contributed by atoms with Crippen molar-refractivity contribution < 1.29 is 9.53 Å². The summed E-state index contributed by atoms with van der Waals surface area (Å²) in [5.74, 6) is 7.66. The monoisotopic (exact) mass is 315 g/mol. The maximum absolute atomic E-state index is 12.4. The third-order valence-electron chi connectivity index (χ3n) is 3.33. The molecule has 0 amide bonds. The van der Waals surface area contributed by atoms with Crippen molar-refractivity contribution in [3.63, 3.8) is 0 Å². The van der Waals surface area contributed by atoms with E-state index in [2.05, 4.69) is 29.7 Å². The van der Waals surface area contributed by atoms with Crippen LogP contribution in [0.2, 0.25) is 0 Å². The van der Waals surface area contributed by atoms with E-state index in [4.69, 9.17) is 11.2 Å². The smallest absolute Gasteiger partial charge is 0.238 e. The van der Waals surface area contributed by atoms with Crippen molar-refractivity contribution >= 4 is 5.78 Å². The van der Waals surface area contributed by atoms with Crippen LogP contribution in [0.5, 0.6) is 0 Å². The third-order valence-corrected chi connectivity index (χ3v) is 3.33. The first-order valence-corrected chi connectivity index (χ1v) is 7.31. The molecule has 1 heterocycles. The summed E-state index contributed by atoms with van der Waals surface area (Å²) in [5, 5.41) is 3.02. The van der Waals surface area contributed by atoms with E-state index in [0.29, 0.717) is 23.5 Å². The number of ketones is 1. The standard InChI is InChI=1S/C21H17NO2/c1-4-8-20-18(13-14-24-3)16(2)19(15-22-20)21(23)12-11-17-9-6-5-7-10-17/h1,5-10,13,15,22H,2,14H2,3H3/b18-13-,20-8+. The Kier molecular flexibility index (Phi) is 5.97. The van der Waals surface area contributed by atoms with Gasteiger partial charge in [0.25, 0.3) is 0 Å². The van der Waals surface area contributed by atoms with Crippen LogP contribution in [-0.2, 0) is 9.53 Å². The maximum Gasteiger partial charge on any atom is 0.238 e. The zero-order valence-corrected chi connectivity index (χ0v) is 13.4. The van der Waals surface area contributed by atoms with Crippen LogP contribution in [0.25, 0.3) is 0 Å². The molecule has 1 aliphatic heterocycles. The molecule has 0 radical (unpaired) electrons. The molecule has 0 saturated carbocycles. The van der Waals surface area contributed by atoms with Crippen molar-refractivity contribution in [3.8, 4) is 24.2 Å². The summed E-state index contributed by atoms with van der Waals surface area (Å²) in [6, 6.07) is 9.34. The maximum atomic E-state index is 12.4. The van der Waals surface area contributed by atoms with E-state index < -0.39 is 0 Å². The summed E-state index contributed by atoms with van der Waals surface area (Å²) in [6.07, 6.45) is 10.3. The van der Waals surface area contributed by atoms with E-state index >= 15 is 0 Å². The van der Waals surface area contributed by atoms with Crippen LogP contribution in [0.3, 0.4) is 0 Å². The van der Waals surface area contributed by atoms with Gasteiger partial charge in [0, 0.05) is 30.5 Å². The second-order valence-corrected chi connectivity index (χ2v) is 4.92. The number of rotatable bonds is 3. The summed E-state index contributed by atoms with van der Waals surface area (Å²) in [5.41, 5.74) is 3.20. The zero-order chi connectivity index (χ0) is 17.4. The number of nitrogens with one attached hydrogen (secondary N) is 1. The van der Waals surface area contributed by atoms with Crippen molar-refractivity contribution in [2.45, 2.75) is 0 Å². The number of methoxy groups -OCH3 is 1. The molecule has 118 valence electrons. The van der Waals surface area contributed by atoms with Gasteiger partial charge in [-0.2, -0.15) is 0 Å². The SMILES string of the molecule is C#C/C=C1/NC=C(C(=O)C#Cc2ccccc2)C(=C)/C1=C/COC. The molecule has 0 bridgehead atoms. The van der Waals surface area contributed by atoms with Gasteiger partial charge in [-0.05, 0) is 29.7 Å². The summed E-state index contributed by atoms with van der Waals surface area (Å²) in [7, 11) is 1.59. The first-order valence-electron chi connectivity index (χ1n) is 7.31. The highest BCUT2D eigenvalue weighted by atomic mass is 16.5. The molecule has 0 aliphatic carbocycles. The van der Waals surface area contributed by atoms with Crippen LogP contribution in [0, 0.1) is 24.2 Å². The van der Waals surface area contributed by atoms with Crippen LogP contribution < -0.4 is 5.32 Å². The highest BCUT2D eigenvalue weighted by Gasteiger charge is 2.21. The molecule has 1 N–H and O–H groups in total. The predicted octanol–water partition coefficient (Wildman–Crippen LogP) is 2.74. The van der Waals surface area contributed by atoms with Gasteiger partial charge in [0.1, 0.15) is 0 Å². The van der Waals surface area contributed by atoms with E-state index in [-0.39, 0.29) is 5.78 Å². The van der Waals surface area contributed by atoms with E-state index in [1.54, 1.807) is 19.4 Å². The highest BCUT2D eigenvalue weighted by molar-refractivity contribution is 6.12. The quantitative estimate of drug-likeness (QED) is 0.872. The summed E-state index contributed by atoms with van der Waals surface area (Å²) >= 11 is 0. The van der Waals surface area contributed by atoms with Gasteiger partial charge in [0.05, 0.1) is 17.9 Å². The van der Waals surface area contributed by atoms with Crippen LogP contribution in [-0.4, -0.2) is 19.5 Å². The number of hydrogen-bond acceptors (Lipinski definition) is 3. The largest absolute Gasteiger partial charge is 0.381 e. The number of benzene rings is 1. The van der Waals surface area contributed by atoms with Gasteiger partial charge in [-0.25, -0.2) is 0 Å². The Morgan fingerprint density at radius 3 is 2.79 bits per heavy atom. The van der Waals surface area contributed by atoms with Crippen LogP contribution in [0.15, 0.2) is 77.7 Å². The molecule has 1 aromatic rings. The lowest BCUT2D eigenvalue weighted by atomic mass is 9.91. The number of carbonyl (C=O) groups excluding carboxylic acids is 1. The Morgan fingerprint density at radius 1 is 1.38 bits per heavy atom. The fraction of sp³-hybridized carbons (Fsp3) is 0.0952. The number of terminal acetylenes is 1. The minimum atomic E-state index is -0.306. The molecule has 3 heteroatoms. The van der Waals surface area contributed by atoms with E-state index in [9.17, 15) is 4.79 Å². The molecular weight excluding hydrogens is 298 g/mol. The van der Waals surface area contributed by atoms with Crippen LogP contribution in [0.1, 0.15) is 5.56 Å².